The Hall–Kier alpha value is -2.14. The van der Waals surface area contributed by atoms with Crippen molar-refractivity contribution in [3.05, 3.63) is 47.5 Å². The van der Waals surface area contributed by atoms with E-state index in [1.807, 2.05) is 0 Å². The van der Waals surface area contributed by atoms with Gasteiger partial charge in [-0.3, -0.25) is 9.11 Å². The van der Waals surface area contributed by atoms with Gasteiger partial charge in [-0.25, -0.2) is 9.59 Å². The van der Waals surface area contributed by atoms with Gasteiger partial charge < -0.3 is 8.37 Å². The molecule has 0 aliphatic rings. The van der Waals surface area contributed by atoms with Crippen molar-refractivity contribution in [3.8, 4) is 0 Å². The number of fused-ring (bicyclic) bond motifs is 1. The lowest BCUT2D eigenvalue weighted by Crippen LogP contribution is -2.07. The van der Waals surface area contributed by atoms with Crippen molar-refractivity contribution in [2.75, 3.05) is 0 Å². The van der Waals surface area contributed by atoms with Gasteiger partial charge in [0.2, 0.25) is 0 Å². The first-order valence-corrected chi connectivity index (χ1v) is 7.64. The molecule has 0 aliphatic carbocycles. The third-order valence-electron chi connectivity index (χ3n) is 2.61. The Kier molecular flexibility index (Phi) is 4.98. The molecule has 0 spiro atoms. The van der Waals surface area contributed by atoms with Gasteiger partial charge >= 0.3 is 34.7 Å². The lowest BCUT2D eigenvalue weighted by molar-refractivity contribution is 0.0731. The molecule has 10 heteroatoms. The van der Waals surface area contributed by atoms with Crippen LogP contribution in [-0.2, 0) is 31.1 Å². The summed E-state index contributed by atoms with van der Waals surface area (Å²) in [6.45, 7) is 0. The summed E-state index contributed by atoms with van der Waals surface area (Å²) in [6, 6.07) is 8.47. The monoisotopic (exact) mass is 344 g/mol. The van der Waals surface area contributed by atoms with Crippen LogP contribution in [0.5, 0.6) is 0 Å². The molecule has 0 saturated carbocycles. The molecule has 22 heavy (non-hydrogen) atoms. The van der Waals surface area contributed by atoms with Crippen LogP contribution in [0.2, 0.25) is 0 Å². The molecule has 2 aromatic rings. The van der Waals surface area contributed by atoms with E-state index < -0.39 is 34.7 Å². The summed E-state index contributed by atoms with van der Waals surface area (Å²) in [5.74, 6) is -1.94. The van der Waals surface area contributed by atoms with E-state index in [1.165, 1.54) is 36.4 Å². The topological polar surface area (TPSA) is 127 Å². The van der Waals surface area contributed by atoms with Crippen molar-refractivity contribution in [2.24, 2.45) is 0 Å². The second kappa shape index (κ2) is 6.75. The second-order valence-electron chi connectivity index (χ2n) is 3.95. The zero-order chi connectivity index (χ0) is 16.3. The molecule has 0 fully saturated rings. The number of benzene rings is 2. The van der Waals surface area contributed by atoms with E-state index in [9.17, 15) is 18.0 Å². The zero-order valence-electron chi connectivity index (χ0n) is 10.6. The third-order valence-corrected chi connectivity index (χ3v) is 3.19. The summed E-state index contributed by atoms with van der Waals surface area (Å²) in [4.78, 5) is 23.0. The van der Waals surface area contributed by atoms with Crippen LogP contribution in [0.3, 0.4) is 0 Å². The minimum absolute atomic E-state index is 0.0571. The fraction of sp³-hybridized carbons (Fsp3) is 0. The maximum Gasteiger partial charge on any atom is 0.360 e. The second-order valence-corrected chi connectivity index (χ2v) is 5.15. The Labute approximate surface area is 129 Å². The molecule has 8 nitrogen and oxygen atoms in total. The normalized spacial score (nSPS) is 13.4. The SMILES string of the molecule is O=C(OS(=O)O)c1ccc2cc(C(=O)OS(=O)O)ccc2c1. The molecule has 0 aromatic heterocycles. The van der Waals surface area contributed by atoms with Gasteiger partial charge in [0.1, 0.15) is 0 Å². The smallest absolute Gasteiger partial charge is 0.339 e. The van der Waals surface area contributed by atoms with Crippen LogP contribution in [0.1, 0.15) is 20.7 Å². The predicted molar refractivity (Wildman–Crippen MR) is 76.3 cm³/mol. The molecule has 0 aliphatic heterocycles. The average Bonchev–Trinajstić information content (AvgIpc) is 2.44. The van der Waals surface area contributed by atoms with E-state index in [1.54, 1.807) is 0 Å². The molecular weight excluding hydrogens is 336 g/mol. The molecule has 0 heterocycles. The average molecular weight is 344 g/mol. The number of rotatable bonds is 4. The number of carbonyl (C=O) groups is 2. The van der Waals surface area contributed by atoms with Gasteiger partial charge in [-0.05, 0) is 35.0 Å². The third kappa shape index (κ3) is 3.95. The first-order chi connectivity index (χ1) is 10.4. The molecule has 2 rings (SSSR count). The standard InChI is InChI=1S/C12H8O8S2/c13-11(19-21(15)16)9-3-1-7-5-10(4-2-8(7)6-9)12(14)20-22(17)18/h1-6H,(H,15,16)(H,17,18). The van der Waals surface area contributed by atoms with E-state index in [4.69, 9.17) is 9.11 Å². The van der Waals surface area contributed by atoms with E-state index in [0.717, 1.165) is 0 Å². The van der Waals surface area contributed by atoms with Gasteiger partial charge in [-0.2, -0.15) is 8.42 Å². The number of hydrogen-bond acceptors (Lipinski definition) is 6. The van der Waals surface area contributed by atoms with Crippen molar-refractivity contribution < 1.29 is 35.5 Å². The van der Waals surface area contributed by atoms with Crippen LogP contribution in [0.15, 0.2) is 36.4 Å². The Morgan fingerprint density at radius 2 is 1.14 bits per heavy atom. The summed E-state index contributed by atoms with van der Waals surface area (Å²) in [7, 11) is 0. The minimum atomic E-state index is -2.71. The highest BCUT2D eigenvalue weighted by Gasteiger charge is 2.13. The highest BCUT2D eigenvalue weighted by molar-refractivity contribution is 7.74. The van der Waals surface area contributed by atoms with Crippen molar-refractivity contribution in [3.63, 3.8) is 0 Å². The van der Waals surface area contributed by atoms with Gasteiger partial charge in [0.15, 0.2) is 0 Å². The fourth-order valence-electron chi connectivity index (χ4n) is 1.73. The highest BCUT2D eigenvalue weighted by atomic mass is 32.2. The van der Waals surface area contributed by atoms with Crippen LogP contribution < -0.4 is 0 Å². The molecular formula is C12H8O8S2. The number of carbonyl (C=O) groups excluding carboxylic acids is 2. The Morgan fingerprint density at radius 1 is 0.773 bits per heavy atom. The molecule has 2 aromatic carbocycles. The van der Waals surface area contributed by atoms with Crippen LogP contribution in [0.4, 0.5) is 0 Å². The molecule has 2 N–H and O–H groups in total. The maximum absolute atomic E-state index is 11.5. The first-order valence-electron chi connectivity index (χ1n) is 5.57. The maximum atomic E-state index is 11.5. The summed E-state index contributed by atoms with van der Waals surface area (Å²) in [5.41, 5.74) is 0.114. The van der Waals surface area contributed by atoms with Gasteiger partial charge in [-0.15, -0.1) is 0 Å². The first kappa shape index (κ1) is 16.2. The van der Waals surface area contributed by atoms with Crippen LogP contribution in [0.25, 0.3) is 10.8 Å². The van der Waals surface area contributed by atoms with E-state index in [0.29, 0.717) is 10.8 Å². The summed E-state index contributed by atoms with van der Waals surface area (Å²) in [5, 5.41) is 1.11. The Morgan fingerprint density at radius 3 is 1.45 bits per heavy atom. The number of hydrogen-bond donors (Lipinski definition) is 2. The summed E-state index contributed by atoms with van der Waals surface area (Å²) in [6.07, 6.45) is 0. The van der Waals surface area contributed by atoms with Gasteiger partial charge in [0.25, 0.3) is 0 Å². The lowest BCUT2D eigenvalue weighted by atomic mass is 10.0. The van der Waals surface area contributed by atoms with E-state index in [-0.39, 0.29) is 11.1 Å². The quantitative estimate of drug-likeness (QED) is 0.797. The predicted octanol–water partition coefficient (Wildman–Crippen LogP) is 1.43. The summed E-state index contributed by atoms with van der Waals surface area (Å²) >= 11 is -5.42. The van der Waals surface area contributed by atoms with Crippen molar-refractivity contribution in [1.29, 1.82) is 0 Å². The molecule has 0 radical (unpaired) electrons. The Bertz CT molecular complexity index is 734. The zero-order valence-corrected chi connectivity index (χ0v) is 12.3. The largest absolute Gasteiger partial charge is 0.360 e. The summed E-state index contributed by atoms with van der Waals surface area (Å²) < 4.78 is 46.1. The lowest BCUT2D eigenvalue weighted by Gasteiger charge is -2.04. The van der Waals surface area contributed by atoms with Gasteiger partial charge in [0.05, 0.1) is 11.1 Å². The van der Waals surface area contributed by atoms with E-state index >= 15 is 0 Å². The molecule has 2 unspecified atom stereocenters. The molecule has 116 valence electrons. The minimum Gasteiger partial charge on any atom is -0.339 e. The Balaban J connectivity index is 2.33. The highest BCUT2D eigenvalue weighted by Crippen LogP contribution is 2.19. The fourth-order valence-corrected chi connectivity index (χ4v) is 2.18. The van der Waals surface area contributed by atoms with Crippen LogP contribution in [0, 0.1) is 0 Å². The van der Waals surface area contributed by atoms with Gasteiger partial charge in [-0.1, -0.05) is 12.1 Å². The molecule has 0 amide bonds. The van der Waals surface area contributed by atoms with E-state index in [2.05, 4.69) is 8.37 Å². The van der Waals surface area contributed by atoms with Crippen molar-refractivity contribution >= 4 is 45.4 Å². The van der Waals surface area contributed by atoms with Gasteiger partial charge in [0, 0.05) is 0 Å². The molecule has 2 atom stereocenters. The molecule has 0 bridgehead atoms. The van der Waals surface area contributed by atoms with Crippen LogP contribution in [-0.4, -0.2) is 29.5 Å². The van der Waals surface area contributed by atoms with Crippen LogP contribution >= 0.6 is 0 Å². The van der Waals surface area contributed by atoms with Crippen molar-refractivity contribution in [1.82, 2.24) is 0 Å². The molecule has 0 saturated heterocycles. The van der Waals surface area contributed by atoms with Crippen molar-refractivity contribution in [2.45, 2.75) is 0 Å².